The average Bonchev–Trinajstić information content (AvgIpc) is 2.40. The van der Waals surface area contributed by atoms with Crippen molar-refractivity contribution in [2.75, 3.05) is 25.1 Å². The molecule has 1 saturated heterocycles. The third-order valence-corrected chi connectivity index (χ3v) is 3.20. The van der Waals surface area contributed by atoms with Crippen molar-refractivity contribution in [2.45, 2.75) is 31.9 Å². The van der Waals surface area contributed by atoms with Gasteiger partial charge in [0.05, 0.1) is 11.8 Å². The average molecular weight is 235 g/mol. The predicted octanol–water partition coefficient (Wildman–Crippen LogP) is 1.55. The van der Waals surface area contributed by atoms with Gasteiger partial charge in [0.2, 0.25) is 0 Å². The highest BCUT2D eigenvalue weighted by molar-refractivity contribution is 5.45. The minimum absolute atomic E-state index is 0.364. The second-order valence-corrected chi connectivity index (χ2v) is 4.58. The molecule has 17 heavy (non-hydrogen) atoms. The van der Waals surface area contributed by atoms with Crippen molar-refractivity contribution in [1.82, 2.24) is 4.98 Å². The molecule has 2 N–H and O–H groups in total. The lowest BCUT2D eigenvalue weighted by molar-refractivity contribution is 0.0216. The second-order valence-electron chi connectivity index (χ2n) is 4.58. The topological polar surface area (TPSA) is 51.4 Å². The fourth-order valence-electron chi connectivity index (χ4n) is 2.18. The van der Waals surface area contributed by atoms with Crippen LogP contribution in [0.15, 0.2) is 18.3 Å². The Bertz CT molecular complexity index is 350. The molecule has 2 rings (SSSR count). The van der Waals surface area contributed by atoms with Crippen LogP contribution in [0, 0.1) is 0 Å². The molecule has 1 fully saturated rings. The third kappa shape index (κ3) is 3.41. The SMILES string of the molecule is CN(CC1CCCCO1)c1ccnc(CN)c1. The van der Waals surface area contributed by atoms with Crippen LogP contribution in [0.3, 0.4) is 0 Å². The summed E-state index contributed by atoms with van der Waals surface area (Å²) in [7, 11) is 2.09. The van der Waals surface area contributed by atoms with E-state index >= 15 is 0 Å². The normalized spacial score (nSPS) is 20.2. The van der Waals surface area contributed by atoms with E-state index in [-0.39, 0.29) is 0 Å². The largest absolute Gasteiger partial charge is 0.376 e. The highest BCUT2D eigenvalue weighted by Crippen LogP contribution is 2.18. The maximum absolute atomic E-state index is 5.74. The molecule has 1 atom stereocenters. The molecule has 0 saturated carbocycles. The Kier molecular flexibility index (Phi) is 4.34. The molecule has 0 aromatic carbocycles. The van der Waals surface area contributed by atoms with Crippen LogP contribution in [-0.2, 0) is 11.3 Å². The van der Waals surface area contributed by atoms with Gasteiger partial charge in [0.15, 0.2) is 0 Å². The second kappa shape index (κ2) is 5.98. The van der Waals surface area contributed by atoms with Crippen LogP contribution < -0.4 is 10.6 Å². The van der Waals surface area contributed by atoms with Crippen molar-refractivity contribution in [3.63, 3.8) is 0 Å². The highest BCUT2D eigenvalue weighted by atomic mass is 16.5. The van der Waals surface area contributed by atoms with Gasteiger partial charge in [-0.15, -0.1) is 0 Å². The van der Waals surface area contributed by atoms with Crippen LogP contribution in [-0.4, -0.2) is 31.3 Å². The molecule has 4 nitrogen and oxygen atoms in total. The predicted molar refractivity (Wildman–Crippen MR) is 69.0 cm³/mol. The van der Waals surface area contributed by atoms with E-state index in [2.05, 4.69) is 16.9 Å². The van der Waals surface area contributed by atoms with E-state index in [0.717, 1.165) is 24.5 Å². The summed E-state index contributed by atoms with van der Waals surface area (Å²) in [6, 6.07) is 4.06. The summed E-state index contributed by atoms with van der Waals surface area (Å²) in [6.45, 7) is 2.33. The van der Waals surface area contributed by atoms with Gasteiger partial charge in [-0.3, -0.25) is 4.98 Å². The zero-order chi connectivity index (χ0) is 12.1. The van der Waals surface area contributed by atoms with Crippen LogP contribution >= 0.6 is 0 Å². The number of rotatable bonds is 4. The maximum Gasteiger partial charge on any atom is 0.0749 e. The lowest BCUT2D eigenvalue weighted by atomic mass is 10.1. The van der Waals surface area contributed by atoms with Gasteiger partial charge in [0, 0.05) is 38.6 Å². The van der Waals surface area contributed by atoms with Gasteiger partial charge in [-0.2, -0.15) is 0 Å². The minimum atomic E-state index is 0.364. The van der Waals surface area contributed by atoms with Crippen molar-refractivity contribution in [3.8, 4) is 0 Å². The number of pyridine rings is 1. The van der Waals surface area contributed by atoms with E-state index < -0.39 is 0 Å². The van der Waals surface area contributed by atoms with Crippen LogP contribution in [0.5, 0.6) is 0 Å². The Morgan fingerprint density at radius 2 is 2.41 bits per heavy atom. The number of ether oxygens (including phenoxy) is 1. The van der Waals surface area contributed by atoms with E-state index in [4.69, 9.17) is 10.5 Å². The number of hydrogen-bond acceptors (Lipinski definition) is 4. The Morgan fingerprint density at radius 1 is 1.53 bits per heavy atom. The summed E-state index contributed by atoms with van der Waals surface area (Å²) >= 11 is 0. The number of hydrogen-bond donors (Lipinski definition) is 1. The first kappa shape index (κ1) is 12.3. The standard InChI is InChI=1S/C13H21N3O/c1-16(10-13-4-2-3-7-17-13)12-5-6-15-11(8-12)9-14/h5-6,8,13H,2-4,7,9-10,14H2,1H3. The highest BCUT2D eigenvalue weighted by Gasteiger charge is 2.16. The van der Waals surface area contributed by atoms with Gasteiger partial charge >= 0.3 is 0 Å². The minimum Gasteiger partial charge on any atom is -0.376 e. The Morgan fingerprint density at radius 3 is 3.12 bits per heavy atom. The van der Waals surface area contributed by atoms with Crippen molar-refractivity contribution in [1.29, 1.82) is 0 Å². The summed E-state index contributed by atoms with van der Waals surface area (Å²) in [4.78, 5) is 6.42. The smallest absolute Gasteiger partial charge is 0.0749 e. The quantitative estimate of drug-likeness (QED) is 0.860. The summed E-state index contributed by atoms with van der Waals surface area (Å²) in [5.41, 5.74) is 7.69. The number of nitrogens with two attached hydrogens (primary N) is 1. The van der Waals surface area contributed by atoms with Crippen LogP contribution in [0.25, 0.3) is 0 Å². The van der Waals surface area contributed by atoms with Gasteiger partial charge in [0.1, 0.15) is 0 Å². The van der Waals surface area contributed by atoms with E-state index in [9.17, 15) is 0 Å². The van der Waals surface area contributed by atoms with Gasteiger partial charge in [-0.25, -0.2) is 0 Å². The molecule has 0 radical (unpaired) electrons. The van der Waals surface area contributed by atoms with Gasteiger partial charge in [-0.05, 0) is 31.4 Å². The maximum atomic E-state index is 5.74. The summed E-state index contributed by atoms with van der Waals surface area (Å²) < 4.78 is 5.74. The molecule has 1 aliphatic heterocycles. The number of nitrogens with zero attached hydrogens (tertiary/aromatic N) is 2. The molecule has 1 aromatic heterocycles. The van der Waals surface area contributed by atoms with Crippen LogP contribution in [0.2, 0.25) is 0 Å². The summed E-state index contributed by atoms with van der Waals surface area (Å²) in [5.74, 6) is 0. The van der Waals surface area contributed by atoms with Crippen molar-refractivity contribution in [2.24, 2.45) is 5.73 Å². The lowest BCUT2D eigenvalue weighted by Gasteiger charge is -2.28. The fraction of sp³-hybridized carbons (Fsp3) is 0.615. The Hall–Kier alpha value is -1.13. The zero-order valence-electron chi connectivity index (χ0n) is 10.4. The van der Waals surface area contributed by atoms with E-state index in [1.54, 1.807) is 0 Å². The monoisotopic (exact) mass is 235 g/mol. The first-order valence-corrected chi connectivity index (χ1v) is 6.27. The van der Waals surface area contributed by atoms with Gasteiger partial charge in [-0.1, -0.05) is 0 Å². The number of aromatic nitrogens is 1. The zero-order valence-corrected chi connectivity index (χ0v) is 10.4. The molecule has 0 bridgehead atoms. The number of anilines is 1. The fourth-order valence-corrected chi connectivity index (χ4v) is 2.18. The molecule has 1 aliphatic rings. The molecule has 2 heterocycles. The molecular formula is C13H21N3O. The number of likely N-dealkylation sites (N-methyl/N-ethyl adjacent to an activating group) is 1. The molecular weight excluding hydrogens is 214 g/mol. The van der Waals surface area contributed by atoms with Crippen molar-refractivity contribution >= 4 is 5.69 Å². The first-order valence-electron chi connectivity index (χ1n) is 6.27. The third-order valence-electron chi connectivity index (χ3n) is 3.20. The van der Waals surface area contributed by atoms with Crippen LogP contribution in [0.4, 0.5) is 5.69 Å². The molecule has 4 heteroatoms. The molecule has 0 amide bonds. The van der Waals surface area contributed by atoms with Crippen LogP contribution in [0.1, 0.15) is 25.0 Å². The summed E-state index contributed by atoms with van der Waals surface area (Å²) in [5, 5.41) is 0. The molecule has 0 spiro atoms. The lowest BCUT2D eigenvalue weighted by Crippen LogP contribution is -2.33. The van der Waals surface area contributed by atoms with Gasteiger partial charge in [0.25, 0.3) is 0 Å². The first-order chi connectivity index (χ1) is 8.29. The Balaban J connectivity index is 1.95. The van der Waals surface area contributed by atoms with Crippen molar-refractivity contribution in [3.05, 3.63) is 24.0 Å². The van der Waals surface area contributed by atoms with E-state index in [1.165, 1.54) is 19.3 Å². The molecule has 1 unspecified atom stereocenters. The van der Waals surface area contributed by atoms with E-state index in [1.807, 2.05) is 18.3 Å². The molecule has 94 valence electrons. The Labute approximate surface area is 103 Å². The van der Waals surface area contributed by atoms with Gasteiger partial charge < -0.3 is 15.4 Å². The van der Waals surface area contributed by atoms with Crippen molar-refractivity contribution < 1.29 is 4.74 Å². The summed E-state index contributed by atoms with van der Waals surface area (Å²) in [6.07, 6.45) is 5.83. The van der Waals surface area contributed by atoms with E-state index in [0.29, 0.717) is 12.6 Å². The molecule has 1 aromatic rings. The molecule has 0 aliphatic carbocycles.